The molecule has 78 valence electrons. The normalized spacial score (nSPS) is 22.2. The Balaban J connectivity index is 2.38. The lowest BCUT2D eigenvalue weighted by Gasteiger charge is -2.36. The summed E-state index contributed by atoms with van der Waals surface area (Å²) in [6.07, 6.45) is 6.69. The quantitative estimate of drug-likeness (QED) is 0.566. The average Bonchev–Trinajstić information content (AvgIpc) is 2.16. The van der Waals surface area contributed by atoms with Crippen molar-refractivity contribution in [1.82, 2.24) is 0 Å². The summed E-state index contributed by atoms with van der Waals surface area (Å²) >= 11 is 2.48. The van der Waals surface area contributed by atoms with Crippen LogP contribution in [0.1, 0.15) is 46.0 Å². The van der Waals surface area contributed by atoms with E-state index in [0.29, 0.717) is 5.92 Å². The van der Waals surface area contributed by atoms with Crippen LogP contribution in [0.2, 0.25) is 0 Å². The van der Waals surface area contributed by atoms with Crippen molar-refractivity contribution in [3.05, 3.63) is 0 Å². The first-order valence-electron chi connectivity index (χ1n) is 5.38. The molecule has 0 heterocycles. The molecule has 1 aliphatic carbocycles. The third kappa shape index (κ3) is 3.74. The number of alkyl halides is 1. The fourth-order valence-corrected chi connectivity index (χ4v) is 2.84. The predicted molar refractivity (Wildman–Crippen MR) is 65.5 cm³/mol. The number of hydrogen-bond donors (Lipinski definition) is 0. The van der Waals surface area contributed by atoms with Gasteiger partial charge in [0.1, 0.15) is 0 Å². The maximum atomic E-state index is 6.07. The Morgan fingerprint density at radius 3 is 2.31 bits per heavy atom. The van der Waals surface area contributed by atoms with Gasteiger partial charge in [0.25, 0.3) is 0 Å². The van der Waals surface area contributed by atoms with Crippen LogP contribution in [-0.2, 0) is 4.74 Å². The molecule has 0 saturated heterocycles. The topological polar surface area (TPSA) is 9.23 Å². The van der Waals surface area contributed by atoms with Gasteiger partial charge in [-0.1, -0.05) is 55.7 Å². The summed E-state index contributed by atoms with van der Waals surface area (Å²) in [7, 11) is 0. The molecular formula is C11H21IO. The van der Waals surface area contributed by atoms with Gasteiger partial charge in [-0.25, -0.2) is 0 Å². The molecule has 1 fully saturated rings. The molecule has 13 heavy (non-hydrogen) atoms. The zero-order chi connectivity index (χ0) is 9.73. The Labute approximate surface area is 95.8 Å². The minimum atomic E-state index is 0.239. The molecule has 0 unspecified atom stereocenters. The third-order valence-corrected chi connectivity index (χ3v) is 4.12. The fourth-order valence-electron chi connectivity index (χ4n) is 1.86. The van der Waals surface area contributed by atoms with Crippen molar-refractivity contribution < 1.29 is 4.74 Å². The molecule has 1 nitrogen and oxygen atoms in total. The molecule has 0 spiro atoms. The summed E-state index contributed by atoms with van der Waals surface area (Å²) in [5.74, 6) is 0.668. The highest BCUT2D eigenvalue weighted by molar-refractivity contribution is 14.1. The van der Waals surface area contributed by atoms with Crippen LogP contribution in [0.3, 0.4) is 0 Å². The van der Waals surface area contributed by atoms with E-state index in [-0.39, 0.29) is 5.60 Å². The highest BCUT2D eigenvalue weighted by Gasteiger charge is 2.31. The van der Waals surface area contributed by atoms with E-state index >= 15 is 0 Å². The first kappa shape index (κ1) is 11.8. The first-order valence-corrected chi connectivity index (χ1v) is 6.91. The molecule has 0 radical (unpaired) electrons. The monoisotopic (exact) mass is 296 g/mol. The molecule has 1 rings (SSSR count). The molecule has 1 aliphatic rings. The van der Waals surface area contributed by atoms with Crippen LogP contribution in [0.4, 0.5) is 0 Å². The van der Waals surface area contributed by atoms with Crippen molar-refractivity contribution in [2.75, 3.05) is 11.0 Å². The highest BCUT2D eigenvalue weighted by Crippen LogP contribution is 2.33. The van der Waals surface area contributed by atoms with Crippen LogP contribution < -0.4 is 0 Å². The van der Waals surface area contributed by atoms with E-state index in [1.807, 2.05) is 0 Å². The number of rotatable bonds is 4. The smallest absolute Gasteiger partial charge is 0.0771 e. The standard InChI is InChI=1S/C11H21IO/c1-10(2)8-13-11(9-12)6-4-3-5-7-11/h10H,3-9H2,1-2H3. The SMILES string of the molecule is CC(C)COC1(CI)CCCCC1. The fraction of sp³-hybridized carbons (Fsp3) is 1.00. The summed E-state index contributed by atoms with van der Waals surface area (Å²) in [5, 5.41) is 0. The largest absolute Gasteiger partial charge is 0.374 e. The van der Waals surface area contributed by atoms with E-state index in [4.69, 9.17) is 4.74 Å². The maximum Gasteiger partial charge on any atom is 0.0771 e. The van der Waals surface area contributed by atoms with Crippen molar-refractivity contribution in [3.63, 3.8) is 0 Å². The van der Waals surface area contributed by atoms with E-state index < -0.39 is 0 Å². The molecule has 0 N–H and O–H groups in total. The molecule has 0 atom stereocenters. The second-order valence-corrected chi connectivity index (χ2v) is 5.34. The van der Waals surface area contributed by atoms with E-state index in [1.54, 1.807) is 0 Å². The van der Waals surface area contributed by atoms with Crippen LogP contribution in [0.15, 0.2) is 0 Å². The summed E-state index contributed by atoms with van der Waals surface area (Å²) in [4.78, 5) is 0. The van der Waals surface area contributed by atoms with Crippen molar-refractivity contribution >= 4 is 22.6 Å². The predicted octanol–water partition coefficient (Wildman–Crippen LogP) is 3.80. The van der Waals surface area contributed by atoms with Crippen LogP contribution in [0.5, 0.6) is 0 Å². The van der Waals surface area contributed by atoms with Gasteiger partial charge in [-0.2, -0.15) is 0 Å². The molecule has 2 heteroatoms. The Morgan fingerprint density at radius 1 is 1.23 bits per heavy atom. The lowest BCUT2D eigenvalue weighted by Crippen LogP contribution is -2.37. The minimum absolute atomic E-state index is 0.239. The Kier molecular flexibility index (Phi) is 5.01. The molecule has 0 aromatic heterocycles. The van der Waals surface area contributed by atoms with Crippen LogP contribution in [-0.4, -0.2) is 16.6 Å². The summed E-state index contributed by atoms with van der Waals surface area (Å²) in [6, 6.07) is 0. The van der Waals surface area contributed by atoms with E-state index in [9.17, 15) is 0 Å². The summed E-state index contributed by atoms with van der Waals surface area (Å²) in [6.45, 7) is 5.39. The number of ether oxygens (including phenoxy) is 1. The molecule has 0 amide bonds. The van der Waals surface area contributed by atoms with Crippen molar-refractivity contribution in [2.24, 2.45) is 5.92 Å². The van der Waals surface area contributed by atoms with Crippen LogP contribution in [0.25, 0.3) is 0 Å². The van der Waals surface area contributed by atoms with Crippen molar-refractivity contribution in [2.45, 2.75) is 51.6 Å². The van der Waals surface area contributed by atoms with Gasteiger partial charge in [0.15, 0.2) is 0 Å². The molecule has 1 saturated carbocycles. The van der Waals surface area contributed by atoms with E-state index in [1.165, 1.54) is 32.1 Å². The lowest BCUT2D eigenvalue weighted by atomic mass is 9.86. The minimum Gasteiger partial charge on any atom is -0.374 e. The second-order valence-electron chi connectivity index (χ2n) is 4.58. The molecule has 0 aromatic rings. The van der Waals surface area contributed by atoms with Crippen molar-refractivity contribution in [1.29, 1.82) is 0 Å². The molecular weight excluding hydrogens is 275 g/mol. The van der Waals surface area contributed by atoms with Crippen molar-refractivity contribution in [3.8, 4) is 0 Å². The zero-order valence-corrected chi connectivity index (χ0v) is 11.0. The van der Waals surface area contributed by atoms with Gasteiger partial charge in [-0.3, -0.25) is 0 Å². The van der Waals surface area contributed by atoms with E-state index in [2.05, 4.69) is 36.4 Å². The van der Waals surface area contributed by atoms with Gasteiger partial charge >= 0.3 is 0 Å². The maximum absolute atomic E-state index is 6.07. The first-order chi connectivity index (χ1) is 6.18. The lowest BCUT2D eigenvalue weighted by molar-refractivity contribution is -0.0608. The van der Waals surface area contributed by atoms with Crippen LogP contribution >= 0.6 is 22.6 Å². The molecule has 0 aliphatic heterocycles. The van der Waals surface area contributed by atoms with Gasteiger partial charge < -0.3 is 4.74 Å². The highest BCUT2D eigenvalue weighted by atomic mass is 127. The Hall–Kier alpha value is 0.690. The van der Waals surface area contributed by atoms with E-state index in [0.717, 1.165) is 11.0 Å². The molecule has 0 aromatic carbocycles. The number of halogens is 1. The average molecular weight is 296 g/mol. The van der Waals surface area contributed by atoms with Gasteiger partial charge in [-0.05, 0) is 18.8 Å². The van der Waals surface area contributed by atoms with Gasteiger partial charge in [0.2, 0.25) is 0 Å². The number of hydrogen-bond acceptors (Lipinski definition) is 1. The second kappa shape index (κ2) is 5.54. The van der Waals surface area contributed by atoms with Gasteiger partial charge in [0, 0.05) is 11.0 Å². The summed E-state index contributed by atoms with van der Waals surface area (Å²) < 4.78 is 7.24. The zero-order valence-electron chi connectivity index (χ0n) is 8.81. The third-order valence-electron chi connectivity index (χ3n) is 2.73. The van der Waals surface area contributed by atoms with Gasteiger partial charge in [0.05, 0.1) is 5.60 Å². The molecule has 0 bridgehead atoms. The summed E-state index contributed by atoms with van der Waals surface area (Å²) in [5.41, 5.74) is 0.239. The Morgan fingerprint density at radius 2 is 1.85 bits per heavy atom. The van der Waals surface area contributed by atoms with Gasteiger partial charge in [-0.15, -0.1) is 0 Å². The Bertz CT molecular complexity index is 139. The van der Waals surface area contributed by atoms with Crippen LogP contribution in [0, 0.1) is 5.92 Å².